The average Bonchev–Trinajstić information content (AvgIpc) is 2.87. The van der Waals surface area contributed by atoms with Crippen LogP contribution in [-0.2, 0) is 6.42 Å². The lowest BCUT2D eigenvalue weighted by Gasteiger charge is -2.24. The highest BCUT2D eigenvalue weighted by molar-refractivity contribution is 6.05. The van der Waals surface area contributed by atoms with Crippen molar-refractivity contribution in [2.45, 2.75) is 33.1 Å². The number of unbranched alkanes of at least 4 members (excludes halogenated alkanes) is 1. The molecule has 4 aromatic carbocycles. The maximum Gasteiger partial charge on any atom is 0.336 e. The lowest BCUT2D eigenvalue weighted by molar-refractivity contribution is 0.0686. The molecule has 4 heteroatoms. The second kappa shape index (κ2) is 10.4. The molecule has 0 bridgehead atoms. The van der Waals surface area contributed by atoms with E-state index < -0.39 is 11.9 Å². The molecule has 0 aromatic heterocycles. The van der Waals surface area contributed by atoms with E-state index in [2.05, 4.69) is 25.1 Å². The van der Waals surface area contributed by atoms with Gasteiger partial charge in [-0.2, -0.15) is 0 Å². The number of carbonyl (C=O) groups is 2. The van der Waals surface area contributed by atoms with Gasteiger partial charge < -0.3 is 10.2 Å². The van der Waals surface area contributed by atoms with Crippen molar-refractivity contribution in [2.75, 3.05) is 0 Å². The largest absolute Gasteiger partial charge is 0.478 e. The highest BCUT2D eigenvalue weighted by Crippen LogP contribution is 2.45. The number of carboxylic acid groups (broad SMARTS) is 2. The summed E-state index contributed by atoms with van der Waals surface area (Å²) < 4.78 is 0. The monoisotopic (exact) mass is 464 g/mol. The third-order valence-corrected chi connectivity index (χ3v) is 6.35. The van der Waals surface area contributed by atoms with Crippen molar-refractivity contribution >= 4 is 11.9 Å². The minimum absolute atomic E-state index is 0.193. The molecule has 176 valence electrons. The molecule has 0 saturated carbocycles. The Hall–Kier alpha value is -4.18. The predicted octanol–water partition coefficient (Wildman–Crippen LogP) is 7.74. The van der Waals surface area contributed by atoms with Gasteiger partial charge in [0.2, 0.25) is 0 Å². The summed E-state index contributed by atoms with van der Waals surface area (Å²) in [6, 6.07) is 26.1. The van der Waals surface area contributed by atoms with Gasteiger partial charge in [0.1, 0.15) is 0 Å². The van der Waals surface area contributed by atoms with E-state index in [-0.39, 0.29) is 11.1 Å². The van der Waals surface area contributed by atoms with Crippen LogP contribution in [0.4, 0.5) is 0 Å². The van der Waals surface area contributed by atoms with Crippen LogP contribution in [-0.4, -0.2) is 22.2 Å². The minimum Gasteiger partial charge on any atom is -0.478 e. The highest BCUT2D eigenvalue weighted by atomic mass is 16.4. The summed E-state index contributed by atoms with van der Waals surface area (Å²) in [5.74, 6) is -2.03. The summed E-state index contributed by atoms with van der Waals surface area (Å²) in [5.41, 5.74) is 7.17. The van der Waals surface area contributed by atoms with Crippen molar-refractivity contribution in [3.63, 3.8) is 0 Å². The van der Waals surface area contributed by atoms with Crippen molar-refractivity contribution < 1.29 is 19.8 Å². The lowest BCUT2D eigenvalue weighted by atomic mass is 9.79. The summed E-state index contributed by atoms with van der Waals surface area (Å²) in [6.45, 7) is 4.10. The molecule has 0 radical (unpaired) electrons. The van der Waals surface area contributed by atoms with Crippen LogP contribution in [0.3, 0.4) is 0 Å². The van der Waals surface area contributed by atoms with Gasteiger partial charge in [-0.1, -0.05) is 86.1 Å². The van der Waals surface area contributed by atoms with Crippen LogP contribution in [0, 0.1) is 6.92 Å². The Morgan fingerprint density at radius 3 is 1.74 bits per heavy atom. The van der Waals surface area contributed by atoms with E-state index in [1.807, 2.05) is 49.4 Å². The Kier molecular flexibility index (Phi) is 7.11. The van der Waals surface area contributed by atoms with Gasteiger partial charge in [0.05, 0.1) is 11.1 Å². The average molecular weight is 465 g/mol. The van der Waals surface area contributed by atoms with E-state index in [0.29, 0.717) is 11.1 Å². The Labute approximate surface area is 205 Å². The van der Waals surface area contributed by atoms with Crippen LogP contribution in [0.1, 0.15) is 51.6 Å². The Bertz CT molecular complexity index is 1390. The van der Waals surface area contributed by atoms with Crippen molar-refractivity contribution in [2.24, 2.45) is 0 Å². The first-order valence-electron chi connectivity index (χ1n) is 11.8. The zero-order chi connectivity index (χ0) is 24.9. The molecule has 0 spiro atoms. The Balaban J connectivity index is 2.20. The fraction of sp³-hybridized carbons (Fsp3) is 0.161. The van der Waals surface area contributed by atoms with Crippen LogP contribution in [0.25, 0.3) is 33.4 Å². The normalized spacial score (nSPS) is 10.8. The molecule has 4 nitrogen and oxygen atoms in total. The van der Waals surface area contributed by atoms with E-state index in [1.54, 1.807) is 24.3 Å². The van der Waals surface area contributed by atoms with E-state index in [4.69, 9.17) is 0 Å². The molecule has 2 N–H and O–H groups in total. The van der Waals surface area contributed by atoms with Crippen LogP contribution in [0.2, 0.25) is 0 Å². The molecule has 0 fully saturated rings. The summed E-state index contributed by atoms with van der Waals surface area (Å²) in [6.07, 6.45) is 2.64. The van der Waals surface area contributed by atoms with Crippen molar-refractivity contribution in [1.82, 2.24) is 0 Å². The number of aromatic carboxylic acids is 2. The zero-order valence-electron chi connectivity index (χ0n) is 19.9. The molecule has 0 saturated heterocycles. The maximum absolute atomic E-state index is 12.3. The van der Waals surface area contributed by atoms with E-state index in [0.717, 1.165) is 52.6 Å². The smallest absolute Gasteiger partial charge is 0.336 e. The molecule has 35 heavy (non-hydrogen) atoms. The molecule has 0 unspecified atom stereocenters. The molecule has 0 aliphatic rings. The molecule has 0 atom stereocenters. The van der Waals surface area contributed by atoms with Crippen LogP contribution in [0.15, 0.2) is 84.9 Å². The molecule has 0 heterocycles. The SMILES string of the molecule is CCCCc1c(-c2ccccc2)cc(C)c(-c2ccccc2C(=O)O)c1-c1ccccc1C(=O)O. The second-order valence-corrected chi connectivity index (χ2v) is 8.64. The Morgan fingerprint density at radius 2 is 1.20 bits per heavy atom. The number of aryl methyl sites for hydroxylation is 1. The molecule has 0 aliphatic carbocycles. The van der Waals surface area contributed by atoms with Gasteiger partial charge in [-0.15, -0.1) is 0 Å². The van der Waals surface area contributed by atoms with E-state index in [9.17, 15) is 19.8 Å². The van der Waals surface area contributed by atoms with Crippen LogP contribution < -0.4 is 0 Å². The zero-order valence-corrected chi connectivity index (χ0v) is 19.9. The van der Waals surface area contributed by atoms with Crippen LogP contribution >= 0.6 is 0 Å². The fourth-order valence-corrected chi connectivity index (χ4v) is 4.77. The van der Waals surface area contributed by atoms with Gasteiger partial charge in [-0.25, -0.2) is 9.59 Å². The molecular formula is C31H28O4. The van der Waals surface area contributed by atoms with Gasteiger partial charge in [0, 0.05) is 0 Å². The number of hydrogen-bond donors (Lipinski definition) is 2. The van der Waals surface area contributed by atoms with Gasteiger partial charge in [-0.05, 0) is 76.4 Å². The standard InChI is InChI=1S/C31H28O4/c1-3-4-14-24-27(21-12-6-5-7-13-21)19-20(2)28(22-15-8-10-17-25(22)30(32)33)29(24)23-16-9-11-18-26(23)31(34)35/h5-13,15-19H,3-4,14H2,1-2H3,(H,32,33)(H,34,35). The van der Waals surface area contributed by atoms with Crippen molar-refractivity contribution in [3.8, 4) is 33.4 Å². The summed E-state index contributed by atoms with van der Waals surface area (Å²) in [7, 11) is 0. The fourth-order valence-electron chi connectivity index (χ4n) is 4.77. The third kappa shape index (κ3) is 4.73. The van der Waals surface area contributed by atoms with Crippen molar-refractivity contribution in [1.29, 1.82) is 0 Å². The van der Waals surface area contributed by atoms with Gasteiger partial charge in [0.15, 0.2) is 0 Å². The first-order valence-corrected chi connectivity index (χ1v) is 11.8. The minimum atomic E-state index is -1.01. The third-order valence-electron chi connectivity index (χ3n) is 6.35. The van der Waals surface area contributed by atoms with E-state index >= 15 is 0 Å². The summed E-state index contributed by atoms with van der Waals surface area (Å²) in [4.78, 5) is 24.5. The molecular weight excluding hydrogens is 436 g/mol. The number of benzene rings is 4. The maximum atomic E-state index is 12.3. The molecule has 4 aromatic rings. The van der Waals surface area contributed by atoms with Crippen LogP contribution in [0.5, 0.6) is 0 Å². The first-order chi connectivity index (χ1) is 16.9. The highest BCUT2D eigenvalue weighted by Gasteiger charge is 2.25. The first kappa shape index (κ1) is 24.0. The molecule has 0 amide bonds. The number of hydrogen-bond acceptors (Lipinski definition) is 2. The topological polar surface area (TPSA) is 74.6 Å². The summed E-state index contributed by atoms with van der Waals surface area (Å²) >= 11 is 0. The van der Waals surface area contributed by atoms with Gasteiger partial charge in [0.25, 0.3) is 0 Å². The lowest BCUT2D eigenvalue weighted by Crippen LogP contribution is -2.07. The Morgan fingerprint density at radius 1 is 0.686 bits per heavy atom. The summed E-state index contributed by atoms with van der Waals surface area (Å²) in [5, 5.41) is 20.0. The quantitative estimate of drug-likeness (QED) is 0.280. The number of carboxylic acids is 2. The molecule has 0 aliphatic heterocycles. The number of rotatable bonds is 8. The molecule has 4 rings (SSSR count). The van der Waals surface area contributed by atoms with Crippen molar-refractivity contribution in [3.05, 3.63) is 107 Å². The van der Waals surface area contributed by atoms with Gasteiger partial charge in [-0.3, -0.25) is 0 Å². The second-order valence-electron chi connectivity index (χ2n) is 8.64. The van der Waals surface area contributed by atoms with Gasteiger partial charge >= 0.3 is 11.9 Å². The predicted molar refractivity (Wildman–Crippen MR) is 140 cm³/mol. The van der Waals surface area contributed by atoms with E-state index in [1.165, 1.54) is 0 Å².